The van der Waals surface area contributed by atoms with Crippen LogP contribution < -0.4 is 10.6 Å². The molecule has 1 aliphatic rings. The number of likely N-dealkylation sites (tertiary alicyclic amines) is 1. The molecular formula is C17H27N3O2. The van der Waals surface area contributed by atoms with Gasteiger partial charge in [0.1, 0.15) is 0 Å². The second-order valence-electron chi connectivity index (χ2n) is 5.79. The first kappa shape index (κ1) is 16.8. The lowest BCUT2D eigenvalue weighted by Crippen LogP contribution is -2.44. The first-order valence-electron chi connectivity index (χ1n) is 8.17. The third kappa shape index (κ3) is 5.00. The Morgan fingerprint density at radius 1 is 1.27 bits per heavy atom. The van der Waals surface area contributed by atoms with Crippen LogP contribution in [0.15, 0.2) is 24.3 Å². The van der Waals surface area contributed by atoms with Crippen LogP contribution in [0.25, 0.3) is 0 Å². The molecule has 2 amide bonds. The summed E-state index contributed by atoms with van der Waals surface area (Å²) in [5, 5.41) is 14.9. The largest absolute Gasteiger partial charge is 0.392 e. The van der Waals surface area contributed by atoms with Crippen LogP contribution in [0.1, 0.15) is 30.9 Å². The molecule has 1 aromatic carbocycles. The number of aliphatic hydroxyl groups is 1. The maximum Gasteiger partial charge on any atom is 0.314 e. The average molecular weight is 305 g/mol. The van der Waals surface area contributed by atoms with Gasteiger partial charge in [-0.3, -0.25) is 4.90 Å². The topological polar surface area (TPSA) is 64.6 Å². The van der Waals surface area contributed by atoms with Crippen molar-refractivity contribution in [2.75, 3.05) is 26.2 Å². The monoisotopic (exact) mass is 305 g/mol. The van der Waals surface area contributed by atoms with E-state index in [-0.39, 0.29) is 12.6 Å². The fraction of sp³-hybridized carbons (Fsp3) is 0.588. The summed E-state index contributed by atoms with van der Waals surface area (Å²) in [7, 11) is 0. The predicted octanol–water partition coefficient (Wildman–Crippen LogP) is 1.50. The lowest BCUT2D eigenvalue weighted by Gasteiger charge is -2.22. The van der Waals surface area contributed by atoms with E-state index in [9.17, 15) is 4.79 Å². The van der Waals surface area contributed by atoms with Crippen LogP contribution in [0.4, 0.5) is 4.79 Å². The van der Waals surface area contributed by atoms with Crippen molar-refractivity contribution in [3.63, 3.8) is 0 Å². The summed E-state index contributed by atoms with van der Waals surface area (Å²) >= 11 is 0. The van der Waals surface area contributed by atoms with Gasteiger partial charge in [-0.2, -0.15) is 0 Å². The molecule has 1 aromatic rings. The molecule has 0 saturated carbocycles. The number of carbonyl (C=O) groups is 1. The second kappa shape index (κ2) is 8.76. The highest BCUT2D eigenvalue weighted by molar-refractivity contribution is 5.73. The normalized spacial score (nSPS) is 18.4. The Kier molecular flexibility index (Phi) is 6.68. The molecule has 5 heteroatoms. The van der Waals surface area contributed by atoms with Crippen molar-refractivity contribution in [1.29, 1.82) is 0 Å². The van der Waals surface area contributed by atoms with Gasteiger partial charge in [-0.05, 0) is 43.5 Å². The van der Waals surface area contributed by atoms with Gasteiger partial charge in [-0.1, -0.05) is 31.2 Å². The SMILES string of the molecule is CCN1CCCC1CNC(=O)NCCc1ccc(CO)cc1. The highest BCUT2D eigenvalue weighted by Gasteiger charge is 2.22. The zero-order valence-corrected chi connectivity index (χ0v) is 13.3. The highest BCUT2D eigenvalue weighted by atomic mass is 16.3. The smallest absolute Gasteiger partial charge is 0.314 e. The Morgan fingerprint density at radius 3 is 2.68 bits per heavy atom. The van der Waals surface area contributed by atoms with E-state index in [0.717, 1.165) is 37.2 Å². The van der Waals surface area contributed by atoms with Crippen molar-refractivity contribution in [3.05, 3.63) is 35.4 Å². The quantitative estimate of drug-likeness (QED) is 0.715. The first-order chi connectivity index (χ1) is 10.7. The van der Waals surface area contributed by atoms with Gasteiger partial charge in [0, 0.05) is 19.1 Å². The van der Waals surface area contributed by atoms with E-state index < -0.39 is 0 Å². The van der Waals surface area contributed by atoms with Crippen LogP contribution in [0.2, 0.25) is 0 Å². The van der Waals surface area contributed by atoms with Gasteiger partial charge in [0.2, 0.25) is 0 Å². The average Bonchev–Trinajstić information content (AvgIpc) is 3.01. The maximum atomic E-state index is 11.8. The minimum Gasteiger partial charge on any atom is -0.392 e. The van der Waals surface area contributed by atoms with Crippen molar-refractivity contribution in [2.45, 2.75) is 38.8 Å². The van der Waals surface area contributed by atoms with Crippen molar-refractivity contribution in [2.24, 2.45) is 0 Å². The zero-order chi connectivity index (χ0) is 15.8. The molecule has 0 aromatic heterocycles. The number of rotatable bonds is 7. The zero-order valence-electron chi connectivity index (χ0n) is 13.3. The van der Waals surface area contributed by atoms with E-state index in [2.05, 4.69) is 22.5 Å². The molecule has 1 unspecified atom stereocenters. The van der Waals surface area contributed by atoms with Crippen LogP contribution in [0, 0.1) is 0 Å². The van der Waals surface area contributed by atoms with Gasteiger partial charge < -0.3 is 15.7 Å². The Hall–Kier alpha value is -1.59. The first-order valence-corrected chi connectivity index (χ1v) is 8.17. The Balaban J connectivity index is 1.63. The number of aliphatic hydroxyl groups excluding tert-OH is 1. The van der Waals surface area contributed by atoms with E-state index in [1.54, 1.807) is 0 Å². The summed E-state index contributed by atoms with van der Waals surface area (Å²) in [5.74, 6) is 0. The lowest BCUT2D eigenvalue weighted by atomic mass is 10.1. The summed E-state index contributed by atoms with van der Waals surface area (Å²) in [6.45, 7) is 5.78. The number of carbonyl (C=O) groups excluding carboxylic acids is 1. The van der Waals surface area contributed by atoms with Gasteiger partial charge in [0.25, 0.3) is 0 Å². The molecular weight excluding hydrogens is 278 g/mol. The molecule has 1 fully saturated rings. The third-order valence-corrected chi connectivity index (χ3v) is 4.31. The number of likely N-dealkylation sites (N-methyl/N-ethyl adjacent to an activating group) is 1. The van der Waals surface area contributed by atoms with E-state index in [1.807, 2.05) is 24.3 Å². The minimum absolute atomic E-state index is 0.0663. The van der Waals surface area contributed by atoms with Crippen molar-refractivity contribution >= 4 is 6.03 Å². The second-order valence-corrected chi connectivity index (χ2v) is 5.79. The van der Waals surface area contributed by atoms with Gasteiger partial charge in [0.15, 0.2) is 0 Å². The summed E-state index contributed by atoms with van der Waals surface area (Å²) < 4.78 is 0. The third-order valence-electron chi connectivity index (χ3n) is 4.31. The van der Waals surface area contributed by atoms with Crippen molar-refractivity contribution in [3.8, 4) is 0 Å². The number of nitrogens with one attached hydrogen (secondary N) is 2. The lowest BCUT2D eigenvalue weighted by molar-refractivity contribution is 0.229. The Morgan fingerprint density at radius 2 is 2.00 bits per heavy atom. The molecule has 1 atom stereocenters. The molecule has 0 spiro atoms. The van der Waals surface area contributed by atoms with E-state index in [4.69, 9.17) is 5.11 Å². The predicted molar refractivity (Wildman–Crippen MR) is 87.7 cm³/mol. The number of hydrogen-bond donors (Lipinski definition) is 3. The van der Waals surface area contributed by atoms with Gasteiger partial charge in [-0.15, -0.1) is 0 Å². The number of hydrogen-bond acceptors (Lipinski definition) is 3. The van der Waals surface area contributed by atoms with E-state index >= 15 is 0 Å². The number of urea groups is 1. The molecule has 1 aliphatic heterocycles. The number of benzene rings is 1. The van der Waals surface area contributed by atoms with Crippen LogP contribution in [-0.2, 0) is 13.0 Å². The highest BCUT2D eigenvalue weighted by Crippen LogP contribution is 2.15. The Labute approximate surface area is 132 Å². The van der Waals surface area contributed by atoms with Gasteiger partial charge in [-0.25, -0.2) is 4.79 Å². The molecule has 3 N–H and O–H groups in total. The fourth-order valence-corrected chi connectivity index (χ4v) is 2.95. The summed E-state index contributed by atoms with van der Waals surface area (Å²) in [6.07, 6.45) is 3.20. The van der Waals surface area contributed by atoms with Crippen LogP contribution >= 0.6 is 0 Å². The fourth-order valence-electron chi connectivity index (χ4n) is 2.95. The summed E-state index contributed by atoms with van der Waals surface area (Å²) in [5.41, 5.74) is 2.07. The molecule has 5 nitrogen and oxygen atoms in total. The summed E-state index contributed by atoms with van der Waals surface area (Å²) in [4.78, 5) is 14.2. The number of nitrogens with zero attached hydrogens (tertiary/aromatic N) is 1. The Bertz CT molecular complexity index is 461. The van der Waals surface area contributed by atoms with Gasteiger partial charge >= 0.3 is 6.03 Å². The molecule has 122 valence electrons. The molecule has 0 aliphatic carbocycles. The summed E-state index contributed by atoms with van der Waals surface area (Å²) in [6, 6.07) is 8.20. The molecule has 0 radical (unpaired) electrons. The van der Waals surface area contributed by atoms with Crippen LogP contribution in [0.3, 0.4) is 0 Å². The van der Waals surface area contributed by atoms with Crippen LogP contribution in [-0.4, -0.2) is 48.3 Å². The van der Waals surface area contributed by atoms with Crippen LogP contribution in [0.5, 0.6) is 0 Å². The molecule has 0 bridgehead atoms. The molecule has 2 rings (SSSR count). The number of amides is 2. The molecule has 22 heavy (non-hydrogen) atoms. The molecule has 1 heterocycles. The van der Waals surface area contributed by atoms with E-state index in [0.29, 0.717) is 12.6 Å². The molecule has 1 saturated heterocycles. The minimum atomic E-state index is -0.0880. The van der Waals surface area contributed by atoms with Gasteiger partial charge in [0.05, 0.1) is 6.61 Å². The van der Waals surface area contributed by atoms with E-state index in [1.165, 1.54) is 12.8 Å². The van der Waals surface area contributed by atoms with Crippen molar-refractivity contribution in [1.82, 2.24) is 15.5 Å². The maximum absolute atomic E-state index is 11.8. The standard InChI is InChI=1S/C17H27N3O2/c1-2-20-11-3-4-16(20)12-19-17(22)18-10-9-14-5-7-15(13-21)8-6-14/h5-8,16,21H,2-4,9-13H2,1H3,(H2,18,19,22). The van der Waals surface area contributed by atoms with Crippen molar-refractivity contribution < 1.29 is 9.90 Å².